The van der Waals surface area contributed by atoms with Crippen LogP contribution in [0.25, 0.3) is 22.7 Å². The van der Waals surface area contributed by atoms with Gasteiger partial charge in [0.15, 0.2) is 5.76 Å². The third kappa shape index (κ3) is 5.83. The molecule has 35 heavy (non-hydrogen) atoms. The van der Waals surface area contributed by atoms with Gasteiger partial charge >= 0.3 is 0 Å². The van der Waals surface area contributed by atoms with Crippen molar-refractivity contribution in [2.45, 2.75) is 42.9 Å². The van der Waals surface area contributed by atoms with Gasteiger partial charge in [0, 0.05) is 30.4 Å². The van der Waals surface area contributed by atoms with Gasteiger partial charge in [0.05, 0.1) is 50.9 Å². The molecule has 0 amide bonds. The van der Waals surface area contributed by atoms with Crippen LogP contribution in [0.15, 0.2) is 50.5 Å². The highest BCUT2D eigenvalue weighted by molar-refractivity contribution is 7.95. The topological polar surface area (TPSA) is 120 Å². The Morgan fingerprint density at radius 2 is 1.89 bits per heavy atom. The van der Waals surface area contributed by atoms with Crippen molar-refractivity contribution in [1.82, 2.24) is 15.1 Å². The van der Waals surface area contributed by atoms with E-state index in [0.717, 1.165) is 12.1 Å². The number of hydrogen-bond donors (Lipinski definition) is 1. The van der Waals surface area contributed by atoms with E-state index in [-0.39, 0.29) is 17.2 Å². The van der Waals surface area contributed by atoms with Crippen LogP contribution in [0, 0.1) is 5.82 Å². The lowest BCUT2D eigenvalue weighted by atomic mass is 9.50. The molecular formula is C22H24B3FN6O2S. The Bertz CT molecular complexity index is 1360. The zero-order valence-corrected chi connectivity index (χ0v) is 20.8. The normalized spacial score (nSPS) is 14.5. The van der Waals surface area contributed by atoms with E-state index in [9.17, 15) is 8.60 Å². The molecule has 0 fully saturated rings. The number of halogens is 1. The van der Waals surface area contributed by atoms with Crippen LogP contribution in [0.3, 0.4) is 0 Å². The van der Waals surface area contributed by atoms with Crippen molar-refractivity contribution in [3.05, 3.63) is 53.7 Å². The molecule has 8 nitrogen and oxygen atoms in total. The molecule has 0 aliphatic rings. The molecule has 2 aromatic heterocycles. The van der Waals surface area contributed by atoms with Crippen molar-refractivity contribution < 1.29 is 13.1 Å². The smallest absolute Gasteiger partial charge is 0.167 e. The lowest BCUT2D eigenvalue weighted by molar-refractivity contribution is 0.434. The number of nitrogens with two attached hydrogens (primary N) is 1. The SMILES string of the molecule is [B]C([B])([B])N=S(=O)(Cc1cc(-c2cc(-c3cnc(CC)cn3)no2)ccc1F)C(C)(C)C(N)=NC. The fraction of sp³-hybridized carbons (Fsp3) is 0.364. The first kappa shape index (κ1) is 26.7. The fourth-order valence-corrected chi connectivity index (χ4v) is 5.49. The maximum absolute atomic E-state index is 14.9. The lowest BCUT2D eigenvalue weighted by Crippen LogP contribution is -2.47. The largest absolute Gasteiger partial charge is 0.386 e. The Labute approximate surface area is 208 Å². The van der Waals surface area contributed by atoms with Gasteiger partial charge in [0.25, 0.3) is 0 Å². The summed E-state index contributed by atoms with van der Waals surface area (Å²) in [7, 11) is 14.9. The first-order valence-electron chi connectivity index (χ1n) is 10.7. The van der Waals surface area contributed by atoms with Crippen LogP contribution in [-0.2, 0) is 21.9 Å². The average molecular weight is 488 g/mol. The maximum atomic E-state index is 14.9. The number of nitrogens with zero attached hydrogens (tertiary/aromatic N) is 5. The summed E-state index contributed by atoms with van der Waals surface area (Å²) in [5.41, 5.74) is 8.42. The first-order chi connectivity index (χ1) is 16.3. The van der Waals surface area contributed by atoms with E-state index >= 15 is 0 Å². The minimum atomic E-state index is -3.47. The van der Waals surface area contributed by atoms with Gasteiger partial charge < -0.3 is 10.3 Å². The van der Waals surface area contributed by atoms with Crippen LogP contribution in [0.4, 0.5) is 4.39 Å². The standard InChI is InChI=1S/C22H24B3FN6O2S/c1-5-15-10-30-18(11-29-15)17-9-19(34-31-17)13-6-7-16(26)14(8-13)12-35(33,32-22(23,24)25)21(2,3)20(27)28-4/h6-11H,5,12H2,1-4H3,(H2,27,28). The van der Waals surface area contributed by atoms with Gasteiger partial charge in [0.1, 0.15) is 27.8 Å². The minimum Gasteiger partial charge on any atom is -0.386 e. The highest BCUT2D eigenvalue weighted by Gasteiger charge is 2.37. The van der Waals surface area contributed by atoms with Crippen LogP contribution in [-0.4, -0.2) is 65.7 Å². The first-order valence-corrected chi connectivity index (χ1v) is 12.4. The number of amidine groups is 1. The van der Waals surface area contributed by atoms with Crippen molar-refractivity contribution in [1.29, 1.82) is 0 Å². The Kier molecular flexibility index (Phi) is 7.59. The van der Waals surface area contributed by atoms with E-state index < -0.39 is 25.5 Å². The lowest BCUT2D eigenvalue weighted by Gasteiger charge is -2.31. The number of benzene rings is 1. The van der Waals surface area contributed by atoms with Crippen molar-refractivity contribution in [3.8, 4) is 22.7 Å². The maximum Gasteiger partial charge on any atom is 0.167 e. The van der Waals surface area contributed by atoms with Crippen molar-refractivity contribution >= 4 is 39.1 Å². The molecule has 0 aliphatic heterocycles. The molecule has 0 bridgehead atoms. The number of rotatable bonds is 8. The van der Waals surface area contributed by atoms with E-state index in [0.29, 0.717) is 22.7 Å². The van der Waals surface area contributed by atoms with Crippen LogP contribution < -0.4 is 5.73 Å². The highest BCUT2D eigenvalue weighted by atomic mass is 32.2. The van der Waals surface area contributed by atoms with Crippen LogP contribution >= 0.6 is 0 Å². The van der Waals surface area contributed by atoms with Gasteiger partial charge in [-0.05, 0) is 43.7 Å². The summed E-state index contributed by atoms with van der Waals surface area (Å²) < 4.78 is 37.0. The Morgan fingerprint density at radius 1 is 1.17 bits per heavy atom. The zero-order valence-electron chi connectivity index (χ0n) is 20.0. The quantitative estimate of drug-likeness (QED) is 0.296. The Morgan fingerprint density at radius 3 is 2.46 bits per heavy atom. The van der Waals surface area contributed by atoms with E-state index in [1.807, 2.05) is 6.92 Å². The second-order valence-corrected chi connectivity index (χ2v) is 11.3. The molecule has 0 saturated heterocycles. The van der Waals surface area contributed by atoms with Crippen molar-refractivity contribution in [2.24, 2.45) is 15.1 Å². The van der Waals surface area contributed by atoms with Crippen molar-refractivity contribution in [2.75, 3.05) is 7.05 Å². The van der Waals surface area contributed by atoms with E-state index in [1.54, 1.807) is 32.3 Å². The molecule has 3 aromatic rings. The summed E-state index contributed by atoms with van der Waals surface area (Å²) in [5.74, 6) is -0.612. The summed E-state index contributed by atoms with van der Waals surface area (Å²) in [5, 5.41) is 1.90. The molecule has 1 atom stereocenters. The van der Waals surface area contributed by atoms with Crippen molar-refractivity contribution in [3.63, 3.8) is 0 Å². The van der Waals surface area contributed by atoms with E-state index in [4.69, 9.17) is 33.8 Å². The molecular weight excluding hydrogens is 464 g/mol. The predicted octanol–water partition coefficient (Wildman–Crippen LogP) is 2.35. The number of aromatic nitrogens is 3. The van der Waals surface area contributed by atoms with E-state index in [2.05, 4.69) is 24.5 Å². The van der Waals surface area contributed by atoms with Crippen LogP contribution in [0.5, 0.6) is 0 Å². The van der Waals surface area contributed by atoms with Gasteiger partial charge in [-0.3, -0.25) is 19.3 Å². The zero-order chi connectivity index (χ0) is 26.0. The Hall–Kier alpha value is -2.95. The van der Waals surface area contributed by atoms with Gasteiger partial charge in [-0.15, -0.1) is 0 Å². The van der Waals surface area contributed by atoms with Gasteiger partial charge in [-0.2, -0.15) is 0 Å². The summed E-state index contributed by atoms with van der Waals surface area (Å²) in [6, 6.07) is 5.89. The highest BCUT2D eigenvalue weighted by Crippen LogP contribution is 2.31. The molecule has 6 radical (unpaired) electrons. The van der Waals surface area contributed by atoms with Crippen LogP contribution in [0.1, 0.15) is 32.0 Å². The third-order valence-corrected chi connectivity index (χ3v) is 8.60. The van der Waals surface area contributed by atoms with Crippen LogP contribution in [0.2, 0.25) is 0 Å². The summed E-state index contributed by atoms with van der Waals surface area (Å²) in [6.07, 6.45) is 4.03. The number of aliphatic imine (C=N–C) groups is 1. The molecule has 3 rings (SSSR count). The monoisotopic (exact) mass is 488 g/mol. The summed E-state index contributed by atoms with van der Waals surface area (Å²) in [6.45, 7) is 5.10. The molecule has 0 aliphatic carbocycles. The second-order valence-electron chi connectivity index (χ2n) is 8.51. The summed E-state index contributed by atoms with van der Waals surface area (Å²) in [4.78, 5) is 12.6. The fourth-order valence-electron chi connectivity index (χ4n) is 3.27. The number of hydrogen-bond acceptors (Lipinski definition) is 7. The van der Waals surface area contributed by atoms with E-state index in [1.165, 1.54) is 25.2 Å². The third-order valence-electron chi connectivity index (χ3n) is 5.48. The molecule has 2 N–H and O–H groups in total. The van der Waals surface area contributed by atoms with Gasteiger partial charge in [0.2, 0.25) is 0 Å². The predicted molar refractivity (Wildman–Crippen MR) is 138 cm³/mol. The second kappa shape index (κ2) is 9.97. The average Bonchev–Trinajstić information content (AvgIpc) is 3.29. The molecule has 13 heteroatoms. The molecule has 2 heterocycles. The molecule has 176 valence electrons. The minimum absolute atomic E-state index is 0.0298. The summed E-state index contributed by atoms with van der Waals surface area (Å²) >= 11 is 0. The number of aryl methyl sites for hydroxylation is 1. The Balaban J connectivity index is 2.03. The van der Waals surface area contributed by atoms with Gasteiger partial charge in [-0.25, -0.2) is 8.60 Å². The molecule has 1 aromatic carbocycles. The van der Waals surface area contributed by atoms with Gasteiger partial charge in [-0.1, -0.05) is 12.1 Å². The molecule has 1 unspecified atom stereocenters. The molecule has 0 saturated carbocycles. The molecule has 0 spiro atoms.